The van der Waals surface area contributed by atoms with Gasteiger partial charge in [-0.2, -0.15) is 0 Å². The molecule has 52 valence electrons. The number of rotatable bonds is 3. The highest BCUT2D eigenvalue weighted by Gasteiger charge is 1.87. The molecule has 0 fully saturated rings. The normalized spacial score (nSPS) is 13.0. The lowest BCUT2D eigenvalue weighted by molar-refractivity contribution is 1.50. The second kappa shape index (κ2) is 6.23. The van der Waals surface area contributed by atoms with Gasteiger partial charge in [-0.1, -0.05) is 16.9 Å². The third-order valence-electron chi connectivity index (χ3n) is 0.672. The molecule has 0 radical (unpaired) electrons. The third kappa shape index (κ3) is 4.60. The summed E-state index contributed by atoms with van der Waals surface area (Å²) in [5, 5.41) is 1.07. The number of hydrogen-bond donors (Lipinski definition) is 0. The highest BCUT2D eigenvalue weighted by molar-refractivity contribution is 8.77. The average Bonchev–Trinajstić information content (AvgIpc) is 1.88. The summed E-state index contributed by atoms with van der Waals surface area (Å²) < 4.78 is 0. The number of aliphatic imine (C=N–C) groups is 1. The Hall–Kier alpha value is 0.110. The van der Waals surface area contributed by atoms with E-state index in [9.17, 15) is 0 Å². The van der Waals surface area contributed by atoms with Crippen molar-refractivity contribution >= 4 is 27.8 Å². The first-order valence-electron chi connectivity index (χ1n) is 2.70. The molecular formula is C6H11NS2. The van der Waals surface area contributed by atoms with Crippen LogP contribution in [0.15, 0.2) is 16.1 Å². The molecule has 0 heterocycles. The number of nitrogens with zero attached hydrogens (tertiary/aromatic N) is 1. The van der Waals surface area contributed by atoms with Gasteiger partial charge in [0.15, 0.2) is 0 Å². The van der Waals surface area contributed by atoms with Crippen LogP contribution in [0.3, 0.4) is 0 Å². The summed E-state index contributed by atoms with van der Waals surface area (Å²) in [6.45, 7) is 3.91. The van der Waals surface area contributed by atoms with E-state index in [4.69, 9.17) is 0 Å². The monoisotopic (exact) mass is 161 g/mol. The Morgan fingerprint density at radius 2 is 2.11 bits per heavy atom. The molecular weight excluding hydrogens is 150 g/mol. The van der Waals surface area contributed by atoms with Crippen LogP contribution < -0.4 is 0 Å². The summed E-state index contributed by atoms with van der Waals surface area (Å²) in [4.78, 5) is 4.11. The summed E-state index contributed by atoms with van der Waals surface area (Å²) in [5.74, 6) is 0. The summed E-state index contributed by atoms with van der Waals surface area (Å²) in [7, 11) is 3.39. The molecule has 0 aliphatic heterocycles. The van der Waals surface area contributed by atoms with E-state index in [-0.39, 0.29) is 0 Å². The fourth-order valence-electron chi connectivity index (χ4n) is 0.357. The summed E-state index contributed by atoms with van der Waals surface area (Å²) >= 11 is 0. The molecule has 3 heteroatoms. The van der Waals surface area contributed by atoms with Gasteiger partial charge in [0, 0.05) is 6.21 Å². The Kier molecular flexibility index (Phi) is 6.31. The topological polar surface area (TPSA) is 12.4 Å². The smallest absolute Gasteiger partial charge is 0.102 e. The lowest BCUT2D eigenvalue weighted by Crippen LogP contribution is -1.65. The number of hydrogen-bond acceptors (Lipinski definition) is 3. The molecule has 0 unspecified atom stereocenters. The van der Waals surface area contributed by atoms with E-state index in [0.29, 0.717) is 0 Å². The molecule has 9 heavy (non-hydrogen) atoms. The Labute approximate surface area is 64.4 Å². The van der Waals surface area contributed by atoms with Crippen molar-refractivity contribution in [3.8, 4) is 0 Å². The molecule has 0 aromatic heterocycles. The lowest BCUT2D eigenvalue weighted by Gasteiger charge is -1.92. The molecule has 0 aromatic rings. The van der Waals surface area contributed by atoms with Crippen molar-refractivity contribution in [1.82, 2.24) is 0 Å². The Morgan fingerprint density at radius 3 is 2.44 bits per heavy atom. The van der Waals surface area contributed by atoms with Crippen LogP contribution in [0.5, 0.6) is 0 Å². The highest BCUT2D eigenvalue weighted by atomic mass is 33.1. The minimum atomic E-state index is 1.07. The number of allylic oxidation sites excluding steroid dienone is 1. The van der Waals surface area contributed by atoms with Crippen molar-refractivity contribution < 1.29 is 0 Å². The van der Waals surface area contributed by atoms with Crippen molar-refractivity contribution in [2.75, 3.05) is 6.26 Å². The van der Waals surface area contributed by atoms with Crippen molar-refractivity contribution in [2.24, 2.45) is 4.99 Å². The molecule has 0 amide bonds. The minimum Gasteiger partial charge on any atom is -0.254 e. The molecule has 0 saturated carbocycles. The van der Waals surface area contributed by atoms with Crippen LogP contribution in [0.25, 0.3) is 0 Å². The van der Waals surface area contributed by atoms with Gasteiger partial charge in [-0.15, -0.1) is 0 Å². The van der Waals surface area contributed by atoms with Crippen molar-refractivity contribution in [1.29, 1.82) is 0 Å². The molecule has 0 bridgehead atoms. The Bertz CT molecular complexity index is 118. The fourth-order valence-corrected chi connectivity index (χ4v) is 1.70. The van der Waals surface area contributed by atoms with Crippen LogP contribution in [0.2, 0.25) is 0 Å². The maximum absolute atomic E-state index is 4.11. The van der Waals surface area contributed by atoms with Crippen LogP contribution in [-0.4, -0.2) is 12.5 Å². The van der Waals surface area contributed by atoms with Crippen LogP contribution in [0, 0.1) is 0 Å². The third-order valence-corrected chi connectivity index (χ3v) is 2.36. The second-order valence-electron chi connectivity index (χ2n) is 1.26. The van der Waals surface area contributed by atoms with E-state index in [1.807, 2.05) is 26.2 Å². The maximum atomic E-state index is 4.11. The first-order chi connectivity index (χ1) is 4.35. The largest absolute Gasteiger partial charge is 0.254 e. The van der Waals surface area contributed by atoms with Gasteiger partial charge in [-0.3, -0.25) is 4.99 Å². The molecule has 0 aromatic carbocycles. The first kappa shape index (κ1) is 9.11. The zero-order valence-electron chi connectivity index (χ0n) is 5.92. The van der Waals surface area contributed by atoms with E-state index in [0.717, 1.165) is 5.03 Å². The fraction of sp³-hybridized carbons (Fsp3) is 0.500. The Balaban J connectivity index is 3.70. The van der Waals surface area contributed by atoms with Crippen LogP contribution in [-0.2, 0) is 0 Å². The van der Waals surface area contributed by atoms with Crippen molar-refractivity contribution in [2.45, 2.75) is 13.8 Å². The van der Waals surface area contributed by atoms with Gasteiger partial charge in [-0.05, 0) is 30.9 Å². The highest BCUT2D eigenvalue weighted by Crippen LogP contribution is 2.27. The molecule has 1 nitrogen and oxygen atoms in total. The van der Waals surface area contributed by atoms with E-state index in [1.54, 1.807) is 27.8 Å². The van der Waals surface area contributed by atoms with E-state index in [2.05, 4.69) is 4.99 Å². The van der Waals surface area contributed by atoms with E-state index < -0.39 is 0 Å². The van der Waals surface area contributed by atoms with E-state index >= 15 is 0 Å². The molecule has 0 saturated heterocycles. The molecule has 0 spiro atoms. The summed E-state index contributed by atoms with van der Waals surface area (Å²) in [6.07, 6.45) is 5.85. The molecule has 0 aliphatic rings. The second-order valence-corrected chi connectivity index (χ2v) is 3.68. The van der Waals surface area contributed by atoms with Gasteiger partial charge in [0.2, 0.25) is 0 Å². The van der Waals surface area contributed by atoms with Crippen molar-refractivity contribution in [3.63, 3.8) is 0 Å². The zero-order chi connectivity index (χ0) is 7.11. The van der Waals surface area contributed by atoms with Crippen molar-refractivity contribution in [3.05, 3.63) is 11.1 Å². The van der Waals surface area contributed by atoms with Gasteiger partial charge in [-0.25, -0.2) is 0 Å². The summed E-state index contributed by atoms with van der Waals surface area (Å²) in [6, 6.07) is 0. The maximum Gasteiger partial charge on any atom is 0.102 e. The average molecular weight is 161 g/mol. The molecule has 0 rings (SSSR count). The predicted molar refractivity (Wildman–Crippen MR) is 49.0 cm³/mol. The molecule has 0 N–H and O–H groups in total. The Morgan fingerprint density at radius 1 is 1.44 bits per heavy atom. The van der Waals surface area contributed by atoms with Crippen LogP contribution in [0.4, 0.5) is 0 Å². The van der Waals surface area contributed by atoms with Crippen LogP contribution >= 0.6 is 21.6 Å². The minimum absolute atomic E-state index is 1.07. The quantitative estimate of drug-likeness (QED) is 0.466. The predicted octanol–water partition coefficient (Wildman–Crippen LogP) is 2.95. The van der Waals surface area contributed by atoms with Gasteiger partial charge >= 0.3 is 0 Å². The lowest BCUT2D eigenvalue weighted by atomic mass is 10.7. The first-order valence-corrected chi connectivity index (χ1v) is 5.26. The van der Waals surface area contributed by atoms with Gasteiger partial charge in [0.05, 0.1) is 0 Å². The standard InChI is InChI=1S/C6H11NS2/c1-4-6(7-5-2)9-8-3/h4-5H,1-3H3/b6-4+,7-5-. The van der Waals surface area contributed by atoms with Gasteiger partial charge in [0.25, 0.3) is 0 Å². The molecule has 0 atom stereocenters. The van der Waals surface area contributed by atoms with Crippen LogP contribution in [0.1, 0.15) is 13.8 Å². The van der Waals surface area contributed by atoms with E-state index in [1.165, 1.54) is 0 Å². The SMILES string of the molecule is C/C=N\C(=C/C)SSC. The van der Waals surface area contributed by atoms with Gasteiger partial charge in [0.1, 0.15) is 5.03 Å². The molecule has 0 aliphatic carbocycles. The summed E-state index contributed by atoms with van der Waals surface area (Å²) in [5.41, 5.74) is 0. The zero-order valence-corrected chi connectivity index (χ0v) is 7.55. The van der Waals surface area contributed by atoms with Gasteiger partial charge < -0.3 is 0 Å².